The van der Waals surface area contributed by atoms with Gasteiger partial charge in [-0.25, -0.2) is 0 Å². The molecule has 1 aliphatic heterocycles. The molecule has 1 aliphatic rings. The van der Waals surface area contributed by atoms with E-state index in [0.717, 1.165) is 0 Å². The molecule has 21 heavy (non-hydrogen) atoms. The van der Waals surface area contributed by atoms with Crippen LogP contribution >= 0.6 is 0 Å². The van der Waals surface area contributed by atoms with E-state index >= 15 is 0 Å². The zero-order valence-corrected chi connectivity index (χ0v) is 11.5. The van der Waals surface area contributed by atoms with Crippen LogP contribution in [0.3, 0.4) is 0 Å². The van der Waals surface area contributed by atoms with Crippen molar-refractivity contribution in [1.29, 1.82) is 0 Å². The third-order valence-electron chi connectivity index (χ3n) is 3.94. The van der Waals surface area contributed by atoms with Crippen molar-refractivity contribution >= 4 is 5.69 Å². The molecule has 0 amide bonds. The highest BCUT2D eigenvalue weighted by molar-refractivity contribution is 5.61. The van der Waals surface area contributed by atoms with Gasteiger partial charge in [-0.2, -0.15) is 0 Å². The van der Waals surface area contributed by atoms with Crippen molar-refractivity contribution < 1.29 is 0 Å². The van der Waals surface area contributed by atoms with Gasteiger partial charge < -0.3 is 4.90 Å². The number of hydrogen-bond donors (Lipinski definition) is 0. The molecule has 0 spiro atoms. The average molecular weight is 273 g/mol. The molecule has 2 atom stereocenters. The lowest BCUT2D eigenvalue weighted by Crippen LogP contribution is -1.95. The maximum atomic E-state index is 4.26. The van der Waals surface area contributed by atoms with Gasteiger partial charge >= 0.3 is 0 Å². The molecule has 3 aromatic rings. The van der Waals surface area contributed by atoms with Gasteiger partial charge in [0.2, 0.25) is 0 Å². The van der Waals surface area contributed by atoms with Crippen molar-refractivity contribution in [2.75, 3.05) is 4.90 Å². The van der Waals surface area contributed by atoms with Crippen LogP contribution in [-0.2, 0) is 0 Å². The highest BCUT2D eigenvalue weighted by Gasteiger charge is 2.49. The summed E-state index contributed by atoms with van der Waals surface area (Å²) < 4.78 is 0. The Hall–Kier alpha value is -2.68. The van der Waals surface area contributed by atoms with Crippen LogP contribution < -0.4 is 4.90 Å². The van der Waals surface area contributed by atoms with Crippen LogP contribution in [0.2, 0.25) is 0 Å². The Morgan fingerprint density at radius 2 is 1.43 bits per heavy atom. The molecular weight excluding hydrogens is 258 g/mol. The van der Waals surface area contributed by atoms with Crippen LogP contribution in [-0.4, -0.2) is 9.97 Å². The van der Waals surface area contributed by atoms with Crippen LogP contribution in [0.4, 0.5) is 5.69 Å². The van der Waals surface area contributed by atoms with Crippen molar-refractivity contribution in [1.82, 2.24) is 9.97 Å². The fraction of sp³-hybridized carbons (Fsp3) is 0.111. The Balaban J connectivity index is 1.74. The predicted octanol–water partition coefficient (Wildman–Crippen LogP) is 3.78. The SMILES string of the molecule is c1ccc(N2[C@H](c3ccncc3)[C@H]2c2cccnc2)cc1. The first-order valence-corrected chi connectivity index (χ1v) is 7.08. The lowest BCUT2D eigenvalue weighted by molar-refractivity contribution is 1.01. The Morgan fingerprint density at radius 1 is 0.667 bits per heavy atom. The van der Waals surface area contributed by atoms with Crippen LogP contribution in [0.5, 0.6) is 0 Å². The number of hydrogen-bond acceptors (Lipinski definition) is 3. The lowest BCUT2D eigenvalue weighted by Gasteiger charge is -2.05. The second-order valence-corrected chi connectivity index (χ2v) is 5.20. The molecule has 0 aliphatic carbocycles. The molecule has 1 saturated heterocycles. The summed E-state index contributed by atoms with van der Waals surface area (Å²) in [7, 11) is 0. The molecule has 0 N–H and O–H groups in total. The van der Waals surface area contributed by atoms with Crippen molar-refractivity contribution in [2.24, 2.45) is 0 Å². The summed E-state index contributed by atoms with van der Waals surface area (Å²) in [6, 6.07) is 19.6. The van der Waals surface area contributed by atoms with Gasteiger partial charge in [0.25, 0.3) is 0 Å². The van der Waals surface area contributed by atoms with Gasteiger partial charge in [0.05, 0.1) is 12.1 Å². The number of nitrogens with zero attached hydrogens (tertiary/aromatic N) is 3. The average Bonchev–Trinajstić information content (AvgIpc) is 3.33. The molecule has 0 unspecified atom stereocenters. The van der Waals surface area contributed by atoms with E-state index in [2.05, 4.69) is 57.3 Å². The summed E-state index contributed by atoms with van der Waals surface area (Å²) in [6.07, 6.45) is 7.50. The van der Waals surface area contributed by atoms with Crippen molar-refractivity contribution in [3.05, 3.63) is 90.5 Å². The third kappa shape index (κ3) is 2.17. The second kappa shape index (κ2) is 5.02. The Labute approximate surface area is 123 Å². The maximum Gasteiger partial charge on any atom is 0.0810 e. The molecule has 1 fully saturated rings. The fourth-order valence-corrected chi connectivity index (χ4v) is 2.95. The Bertz CT molecular complexity index is 604. The van der Waals surface area contributed by atoms with Gasteiger partial charge in [0, 0.05) is 30.5 Å². The molecule has 0 bridgehead atoms. The van der Waals surface area contributed by atoms with E-state index < -0.39 is 0 Å². The molecular formula is C18H15N3. The van der Waals surface area contributed by atoms with E-state index in [-0.39, 0.29) is 0 Å². The van der Waals surface area contributed by atoms with Crippen LogP contribution in [0.1, 0.15) is 23.2 Å². The highest BCUT2D eigenvalue weighted by atomic mass is 15.4. The lowest BCUT2D eigenvalue weighted by atomic mass is 10.1. The molecule has 1 aromatic carbocycles. The minimum absolute atomic E-state index is 0.350. The quantitative estimate of drug-likeness (QED) is 0.680. The first-order valence-electron chi connectivity index (χ1n) is 7.08. The minimum atomic E-state index is 0.350. The van der Waals surface area contributed by atoms with E-state index in [9.17, 15) is 0 Å². The monoisotopic (exact) mass is 273 g/mol. The molecule has 3 nitrogen and oxygen atoms in total. The molecule has 2 aromatic heterocycles. The number of pyridine rings is 2. The molecule has 0 saturated carbocycles. The molecule has 0 radical (unpaired) electrons. The fourth-order valence-electron chi connectivity index (χ4n) is 2.95. The Morgan fingerprint density at radius 3 is 2.14 bits per heavy atom. The van der Waals surface area contributed by atoms with Crippen LogP contribution in [0, 0.1) is 0 Å². The number of para-hydroxylation sites is 1. The first kappa shape index (κ1) is 12.1. The molecule has 4 rings (SSSR count). The van der Waals surface area contributed by atoms with Crippen molar-refractivity contribution in [3.8, 4) is 0 Å². The van der Waals surface area contributed by atoms with Gasteiger partial charge in [-0.15, -0.1) is 0 Å². The molecule has 102 valence electrons. The first-order chi connectivity index (χ1) is 10.4. The summed E-state index contributed by atoms with van der Waals surface area (Å²) in [5.41, 5.74) is 3.79. The number of rotatable bonds is 3. The van der Waals surface area contributed by atoms with Gasteiger partial charge in [0.1, 0.15) is 0 Å². The molecule has 3 heterocycles. The second-order valence-electron chi connectivity index (χ2n) is 5.20. The van der Waals surface area contributed by atoms with Gasteiger partial charge in [-0.3, -0.25) is 9.97 Å². The normalized spacial score (nSPS) is 20.3. The third-order valence-corrected chi connectivity index (χ3v) is 3.94. The van der Waals surface area contributed by atoms with Crippen molar-refractivity contribution in [3.63, 3.8) is 0 Å². The van der Waals surface area contributed by atoms with Crippen LogP contribution in [0.25, 0.3) is 0 Å². The summed E-state index contributed by atoms with van der Waals surface area (Å²) >= 11 is 0. The van der Waals surface area contributed by atoms with E-state index in [4.69, 9.17) is 0 Å². The largest absolute Gasteiger partial charge is 0.352 e. The summed E-state index contributed by atoms with van der Waals surface area (Å²) in [4.78, 5) is 10.8. The van der Waals surface area contributed by atoms with E-state index in [1.165, 1.54) is 16.8 Å². The topological polar surface area (TPSA) is 28.8 Å². The van der Waals surface area contributed by atoms with Crippen molar-refractivity contribution in [2.45, 2.75) is 12.1 Å². The van der Waals surface area contributed by atoms with Gasteiger partial charge in [-0.1, -0.05) is 24.3 Å². The smallest absolute Gasteiger partial charge is 0.0810 e. The zero-order chi connectivity index (χ0) is 14.1. The highest BCUT2D eigenvalue weighted by Crippen LogP contribution is 2.56. The predicted molar refractivity (Wildman–Crippen MR) is 82.9 cm³/mol. The molecule has 3 heteroatoms. The standard InChI is InChI=1S/C18H15N3/c1-2-6-16(7-3-1)21-17(14-8-11-19-12-9-14)18(21)15-5-4-10-20-13-15/h1-13,17-18H/t17-,18-,21?/m1/s1. The number of aromatic nitrogens is 2. The van der Waals surface area contributed by atoms with E-state index in [0.29, 0.717) is 12.1 Å². The maximum absolute atomic E-state index is 4.26. The summed E-state index contributed by atoms with van der Waals surface area (Å²) in [5.74, 6) is 0. The number of anilines is 1. The van der Waals surface area contributed by atoms with Gasteiger partial charge in [-0.05, 0) is 41.5 Å². The summed E-state index contributed by atoms with van der Waals surface area (Å²) in [5, 5.41) is 0. The minimum Gasteiger partial charge on any atom is -0.352 e. The van der Waals surface area contributed by atoms with E-state index in [1.807, 2.05) is 36.9 Å². The zero-order valence-electron chi connectivity index (χ0n) is 11.5. The number of benzene rings is 1. The van der Waals surface area contributed by atoms with Gasteiger partial charge in [0.15, 0.2) is 0 Å². The Kier molecular flexibility index (Phi) is 2.89. The van der Waals surface area contributed by atoms with E-state index in [1.54, 1.807) is 0 Å². The van der Waals surface area contributed by atoms with Crippen LogP contribution in [0.15, 0.2) is 79.4 Å². The summed E-state index contributed by atoms with van der Waals surface area (Å²) in [6.45, 7) is 0.